The molecule has 16 heavy (non-hydrogen) atoms. The lowest BCUT2D eigenvalue weighted by atomic mass is 10.1. The molecule has 1 aromatic heterocycles. The highest BCUT2D eigenvalue weighted by Crippen LogP contribution is 2.26. The first kappa shape index (κ1) is 10.5. The van der Waals surface area contributed by atoms with E-state index in [9.17, 15) is 0 Å². The molecule has 82 valence electrons. The zero-order valence-corrected chi connectivity index (χ0v) is 9.40. The molecule has 1 heterocycles. The Morgan fingerprint density at radius 3 is 2.75 bits per heavy atom. The predicted molar refractivity (Wildman–Crippen MR) is 65.4 cm³/mol. The first-order valence-corrected chi connectivity index (χ1v) is 5.07. The Hall–Kier alpha value is -2.03. The van der Waals surface area contributed by atoms with Gasteiger partial charge in [-0.3, -0.25) is 4.98 Å². The van der Waals surface area contributed by atoms with Crippen molar-refractivity contribution in [3.05, 3.63) is 42.1 Å². The summed E-state index contributed by atoms with van der Waals surface area (Å²) >= 11 is 0. The molecule has 0 fully saturated rings. The highest BCUT2D eigenvalue weighted by atomic mass is 16.5. The molecule has 3 nitrogen and oxygen atoms in total. The summed E-state index contributed by atoms with van der Waals surface area (Å²) in [6, 6.07) is 9.63. The van der Waals surface area contributed by atoms with Gasteiger partial charge in [0.25, 0.3) is 0 Å². The Morgan fingerprint density at radius 2 is 2.06 bits per heavy atom. The minimum Gasteiger partial charge on any atom is -0.497 e. The summed E-state index contributed by atoms with van der Waals surface area (Å²) in [5, 5.41) is 0. The van der Waals surface area contributed by atoms with Gasteiger partial charge in [-0.2, -0.15) is 0 Å². The van der Waals surface area contributed by atoms with E-state index in [0.717, 1.165) is 22.6 Å². The quantitative estimate of drug-likeness (QED) is 0.836. The molecule has 1 aromatic carbocycles. The number of pyridine rings is 1. The van der Waals surface area contributed by atoms with Crippen molar-refractivity contribution in [2.24, 2.45) is 0 Å². The number of rotatable bonds is 2. The predicted octanol–water partition coefficient (Wildman–Crippen LogP) is 2.65. The smallest absolute Gasteiger partial charge is 0.119 e. The number of hydrogen-bond donors (Lipinski definition) is 1. The standard InChI is InChI=1S/C13H14N2O/c1-9-6-12(14)13(15-8-9)10-4-3-5-11(7-10)16-2/h3-8H,14H2,1-2H3. The molecule has 0 amide bonds. The van der Waals surface area contributed by atoms with Gasteiger partial charge in [-0.15, -0.1) is 0 Å². The van der Waals surface area contributed by atoms with Crippen LogP contribution >= 0.6 is 0 Å². The van der Waals surface area contributed by atoms with Gasteiger partial charge in [0.2, 0.25) is 0 Å². The summed E-state index contributed by atoms with van der Waals surface area (Å²) in [6.07, 6.45) is 1.81. The van der Waals surface area contributed by atoms with Crippen molar-refractivity contribution in [2.75, 3.05) is 12.8 Å². The molecule has 0 saturated carbocycles. The second kappa shape index (κ2) is 4.23. The Bertz CT molecular complexity index is 509. The normalized spacial score (nSPS) is 10.1. The second-order valence-corrected chi connectivity index (χ2v) is 3.68. The van der Waals surface area contributed by atoms with E-state index in [-0.39, 0.29) is 0 Å². The number of nitrogens with zero attached hydrogens (tertiary/aromatic N) is 1. The third-order valence-corrected chi connectivity index (χ3v) is 2.40. The van der Waals surface area contributed by atoms with E-state index in [0.29, 0.717) is 5.69 Å². The molecule has 2 aromatic rings. The van der Waals surface area contributed by atoms with Crippen LogP contribution < -0.4 is 10.5 Å². The van der Waals surface area contributed by atoms with Crippen LogP contribution in [0.3, 0.4) is 0 Å². The maximum absolute atomic E-state index is 5.94. The van der Waals surface area contributed by atoms with E-state index in [1.165, 1.54) is 0 Å². The van der Waals surface area contributed by atoms with E-state index in [4.69, 9.17) is 10.5 Å². The molecule has 0 aliphatic heterocycles. The Balaban J connectivity index is 2.49. The lowest BCUT2D eigenvalue weighted by Gasteiger charge is -2.07. The lowest BCUT2D eigenvalue weighted by molar-refractivity contribution is 0.415. The van der Waals surface area contributed by atoms with Gasteiger partial charge in [0.05, 0.1) is 18.5 Å². The molecule has 2 rings (SSSR count). The molecular weight excluding hydrogens is 200 g/mol. The van der Waals surface area contributed by atoms with Crippen LogP contribution in [0.15, 0.2) is 36.5 Å². The number of aromatic nitrogens is 1. The molecule has 0 aliphatic carbocycles. The molecule has 0 aliphatic rings. The van der Waals surface area contributed by atoms with Crippen LogP contribution in [0, 0.1) is 6.92 Å². The van der Waals surface area contributed by atoms with Gasteiger partial charge < -0.3 is 10.5 Å². The van der Waals surface area contributed by atoms with Gasteiger partial charge in [-0.25, -0.2) is 0 Å². The van der Waals surface area contributed by atoms with Crippen molar-refractivity contribution in [2.45, 2.75) is 6.92 Å². The van der Waals surface area contributed by atoms with Crippen LogP contribution in [-0.2, 0) is 0 Å². The van der Waals surface area contributed by atoms with E-state index in [2.05, 4.69) is 4.98 Å². The molecule has 0 radical (unpaired) electrons. The van der Waals surface area contributed by atoms with E-state index in [1.54, 1.807) is 7.11 Å². The van der Waals surface area contributed by atoms with Crippen LogP contribution in [0.1, 0.15) is 5.56 Å². The highest BCUT2D eigenvalue weighted by Gasteiger charge is 2.05. The first-order chi connectivity index (χ1) is 7.70. The molecule has 0 unspecified atom stereocenters. The van der Waals surface area contributed by atoms with Crippen LogP contribution in [-0.4, -0.2) is 12.1 Å². The molecule has 2 N–H and O–H groups in total. The van der Waals surface area contributed by atoms with Gasteiger partial charge in [0.15, 0.2) is 0 Å². The zero-order chi connectivity index (χ0) is 11.5. The van der Waals surface area contributed by atoms with Crippen molar-refractivity contribution in [3.8, 4) is 17.0 Å². The van der Waals surface area contributed by atoms with Crippen molar-refractivity contribution in [1.82, 2.24) is 4.98 Å². The van der Waals surface area contributed by atoms with Crippen LogP contribution in [0.2, 0.25) is 0 Å². The summed E-state index contributed by atoms with van der Waals surface area (Å²) in [6.45, 7) is 1.97. The minimum atomic E-state index is 0.688. The topological polar surface area (TPSA) is 48.1 Å². The first-order valence-electron chi connectivity index (χ1n) is 5.07. The molecule has 3 heteroatoms. The maximum Gasteiger partial charge on any atom is 0.119 e. The van der Waals surface area contributed by atoms with Gasteiger partial charge in [-0.1, -0.05) is 12.1 Å². The average Bonchev–Trinajstić information content (AvgIpc) is 2.29. The van der Waals surface area contributed by atoms with Crippen LogP contribution in [0.5, 0.6) is 5.75 Å². The molecule has 0 spiro atoms. The zero-order valence-electron chi connectivity index (χ0n) is 9.40. The largest absolute Gasteiger partial charge is 0.497 e. The summed E-state index contributed by atoms with van der Waals surface area (Å²) < 4.78 is 5.17. The summed E-state index contributed by atoms with van der Waals surface area (Å²) in [4.78, 5) is 4.34. The minimum absolute atomic E-state index is 0.688. The second-order valence-electron chi connectivity index (χ2n) is 3.68. The highest BCUT2D eigenvalue weighted by molar-refractivity contribution is 5.73. The number of nitrogens with two attached hydrogens (primary N) is 1. The fourth-order valence-corrected chi connectivity index (χ4v) is 1.60. The summed E-state index contributed by atoms with van der Waals surface area (Å²) in [5.41, 5.74) is 9.45. The van der Waals surface area contributed by atoms with E-state index < -0.39 is 0 Å². The van der Waals surface area contributed by atoms with E-state index >= 15 is 0 Å². The third kappa shape index (κ3) is 1.98. The molecule has 0 atom stereocenters. The lowest BCUT2D eigenvalue weighted by Crippen LogP contribution is -1.94. The van der Waals surface area contributed by atoms with E-state index in [1.807, 2.05) is 43.5 Å². The average molecular weight is 214 g/mol. The Kier molecular flexibility index (Phi) is 2.77. The molecule has 0 bridgehead atoms. The number of benzene rings is 1. The summed E-state index contributed by atoms with van der Waals surface area (Å²) in [7, 11) is 1.64. The number of methoxy groups -OCH3 is 1. The van der Waals surface area contributed by atoms with Crippen molar-refractivity contribution in [1.29, 1.82) is 0 Å². The number of anilines is 1. The van der Waals surface area contributed by atoms with Gasteiger partial charge in [0, 0.05) is 11.8 Å². The SMILES string of the molecule is COc1cccc(-c2ncc(C)cc2N)c1. The maximum atomic E-state index is 5.94. The third-order valence-electron chi connectivity index (χ3n) is 2.40. The summed E-state index contributed by atoms with van der Waals surface area (Å²) in [5.74, 6) is 0.805. The van der Waals surface area contributed by atoms with Gasteiger partial charge in [-0.05, 0) is 30.7 Å². The fraction of sp³-hybridized carbons (Fsp3) is 0.154. The van der Waals surface area contributed by atoms with Gasteiger partial charge >= 0.3 is 0 Å². The molecule has 0 saturated heterocycles. The number of ether oxygens (including phenoxy) is 1. The Labute approximate surface area is 94.9 Å². The van der Waals surface area contributed by atoms with Crippen LogP contribution in [0.4, 0.5) is 5.69 Å². The van der Waals surface area contributed by atoms with Crippen molar-refractivity contribution >= 4 is 5.69 Å². The number of nitrogen functional groups attached to an aromatic ring is 1. The fourth-order valence-electron chi connectivity index (χ4n) is 1.60. The molecular formula is C13H14N2O. The van der Waals surface area contributed by atoms with Crippen molar-refractivity contribution in [3.63, 3.8) is 0 Å². The number of aryl methyl sites for hydroxylation is 1. The van der Waals surface area contributed by atoms with Crippen LogP contribution in [0.25, 0.3) is 11.3 Å². The Morgan fingerprint density at radius 1 is 1.25 bits per heavy atom. The monoisotopic (exact) mass is 214 g/mol. The van der Waals surface area contributed by atoms with Gasteiger partial charge in [0.1, 0.15) is 5.75 Å². The van der Waals surface area contributed by atoms with Crippen molar-refractivity contribution < 1.29 is 4.74 Å². The number of hydrogen-bond acceptors (Lipinski definition) is 3.